The van der Waals surface area contributed by atoms with Crippen LogP contribution in [0.25, 0.3) is 0 Å². The summed E-state index contributed by atoms with van der Waals surface area (Å²) in [7, 11) is 0. The van der Waals surface area contributed by atoms with Gasteiger partial charge < -0.3 is 10.2 Å². The molecule has 14 heavy (non-hydrogen) atoms. The highest BCUT2D eigenvalue weighted by molar-refractivity contribution is 4.84. The number of rotatable bonds is 5. The summed E-state index contributed by atoms with van der Waals surface area (Å²) in [5.74, 6) is 0.149. The van der Waals surface area contributed by atoms with E-state index in [1.54, 1.807) is 0 Å². The van der Waals surface area contributed by atoms with Gasteiger partial charge in [0.05, 0.1) is 12.0 Å². The maximum Gasteiger partial charge on any atom is 0.0666 e. The lowest BCUT2D eigenvalue weighted by Gasteiger charge is -2.24. The second-order valence-electron chi connectivity index (χ2n) is 4.18. The van der Waals surface area contributed by atoms with Gasteiger partial charge in [-0.25, -0.2) is 0 Å². The predicted molar refractivity (Wildman–Crippen MR) is 57.9 cm³/mol. The van der Waals surface area contributed by atoms with Crippen molar-refractivity contribution in [2.24, 2.45) is 5.92 Å². The maximum absolute atomic E-state index is 8.75. The molecule has 2 unspecified atom stereocenters. The first-order valence-electron chi connectivity index (χ1n) is 5.61. The molecule has 1 saturated heterocycles. The Morgan fingerprint density at radius 3 is 2.93 bits per heavy atom. The lowest BCUT2D eigenvalue weighted by Crippen LogP contribution is -2.39. The lowest BCUT2D eigenvalue weighted by atomic mass is 10.1. The van der Waals surface area contributed by atoms with E-state index < -0.39 is 0 Å². The van der Waals surface area contributed by atoms with Crippen molar-refractivity contribution in [3.05, 3.63) is 0 Å². The van der Waals surface area contributed by atoms with Gasteiger partial charge in [-0.1, -0.05) is 6.92 Å². The Balaban J connectivity index is 2.27. The molecule has 1 heterocycles. The van der Waals surface area contributed by atoms with Gasteiger partial charge in [-0.15, -0.1) is 0 Å². The molecule has 0 amide bonds. The molecule has 3 heteroatoms. The Bertz CT molecular complexity index is 191. The molecule has 0 spiro atoms. The first-order chi connectivity index (χ1) is 6.76. The number of hydrogen-bond donors (Lipinski definition) is 1. The summed E-state index contributed by atoms with van der Waals surface area (Å²) in [6, 6.07) is 2.95. The van der Waals surface area contributed by atoms with Crippen LogP contribution in [0.4, 0.5) is 0 Å². The van der Waals surface area contributed by atoms with E-state index in [0.29, 0.717) is 6.04 Å². The van der Waals surface area contributed by atoms with Gasteiger partial charge in [-0.05, 0) is 32.9 Å². The summed E-state index contributed by atoms with van der Waals surface area (Å²) in [5, 5.41) is 12.2. The van der Waals surface area contributed by atoms with Gasteiger partial charge in [0.2, 0.25) is 0 Å². The molecule has 3 nitrogen and oxygen atoms in total. The Kier molecular flexibility index (Phi) is 4.92. The maximum atomic E-state index is 8.75. The normalized spacial score (nSPS) is 23.7. The van der Waals surface area contributed by atoms with Crippen molar-refractivity contribution in [3.8, 4) is 6.07 Å². The molecule has 80 valence electrons. The largest absolute Gasteiger partial charge is 0.313 e. The topological polar surface area (TPSA) is 39.1 Å². The van der Waals surface area contributed by atoms with Crippen LogP contribution in [0.5, 0.6) is 0 Å². The number of nitriles is 1. The third-order valence-corrected chi connectivity index (χ3v) is 2.84. The number of likely N-dealkylation sites (N-methyl/N-ethyl adjacent to an activating group) is 1. The monoisotopic (exact) mass is 195 g/mol. The van der Waals surface area contributed by atoms with Gasteiger partial charge in [0.25, 0.3) is 0 Å². The van der Waals surface area contributed by atoms with Crippen LogP contribution >= 0.6 is 0 Å². The van der Waals surface area contributed by atoms with Gasteiger partial charge in [0.1, 0.15) is 0 Å². The minimum atomic E-state index is 0.149. The standard InChI is InChI=1S/C11H21N3/c1-3-14(8-10(2)7-12)9-11-5-4-6-13-11/h10-11,13H,3-6,8-9H2,1-2H3. The molecule has 0 aromatic heterocycles. The van der Waals surface area contributed by atoms with Crippen molar-refractivity contribution in [2.45, 2.75) is 32.7 Å². The summed E-state index contributed by atoms with van der Waals surface area (Å²) in [6.07, 6.45) is 2.59. The molecule has 0 aromatic carbocycles. The summed E-state index contributed by atoms with van der Waals surface area (Å²) < 4.78 is 0. The molecule has 0 saturated carbocycles. The van der Waals surface area contributed by atoms with Crippen molar-refractivity contribution < 1.29 is 0 Å². The Morgan fingerprint density at radius 1 is 1.64 bits per heavy atom. The van der Waals surface area contributed by atoms with Crippen molar-refractivity contribution in [1.82, 2.24) is 10.2 Å². The van der Waals surface area contributed by atoms with Gasteiger partial charge in [-0.3, -0.25) is 0 Å². The predicted octanol–water partition coefficient (Wildman–Crippen LogP) is 1.22. The molecule has 1 aliphatic heterocycles. The highest BCUT2D eigenvalue weighted by Gasteiger charge is 2.17. The quantitative estimate of drug-likeness (QED) is 0.717. The SMILES string of the molecule is CCN(CC(C)C#N)CC1CCCN1. The fourth-order valence-corrected chi connectivity index (χ4v) is 1.99. The van der Waals surface area contributed by atoms with E-state index in [2.05, 4.69) is 23.2 Å². The molecule has 2 atom stereocenters. The molecule has 0 aliphatic carbocycles. The lowest BCUT2D eigenvalue weighted by molar-refractivity contribution is 0.245. The number of nitrogens with zero attached hydrogens (tertiary/aromatic N) is 2. The molecular weight excluding hydrogens is 174 g/mol. The zero-order chi connectivity index (χ0) is 10.4. The first kappa shape index (κ1) is 11.5. The van der Waals surface area contributed by atoms with E-state index in [9.17, 15) is 0 Å². The Morgan fingerprint density at radius 2 is 2.43 bits per heavy atom. The van der Waals surface area contributed by atoms with Gasteiger partial charge in [0.15, 0.2) is 0 Å². The fourth-order valence-electron chi connectivity index (χ4n) is 1.99. The average Bonchev–Trinajstić information content (AvgIpc) is 2.69. The van der Waals surface area contributed by atoms with Crippen LogP contribution in [-0.2, 0) is 0 Å². The summed E-state index contributed by atoms with van der Waals surface area (Å²) in [4.78, 5) is 2.37. The van der Waals surface area contributed by atoms with Gasteiger partial charge >= 0.3 is 0 Å². The van der Waals surface area contributed by atoms with Crippen LogP contribution in [0, 0.1) is 17.2 Å². The third kappa shape index (κ3) is 3.65. The molecule has 1 N–H and O–H groups in total. The van der Waals surface area contributed by atoms with Crippen molar-refractivity contribution >= 4 is 0 Å². The smallest absolute Gasteiger partial charge is 0.0666 e. The second-order valence-corrected chi connectivity index (χ2v) is 4.18. The van der Waals surface area contributed by atoms with Crippen LogP contribution in [0.2, 0.25) is 0 Å². The first-order valence-corrected chi connectivity index (χ1v) is 5.61. The summed E-state index contributed by atoms with van der Waals surface area (Å²) >= 11 is 0. The molecule has 0 aromatic rings. The van der Waals surface area contributed by atoms with E-state index in [4.69, 9.17) is 5.26 Å². The number of hydrogen-bond acceptors (Lipinski definition) is 3. The molecule has 1 rings (SSSR count). The van der Waals surface area contributed by atoms with E-state index in [-0.39, 0.29) is 5.92 Å². The van der Waals surface area contributed by atoms with Crippen LogP contribution in [0.15, 0.2) is 0 Å². The molecule has 0 radical (unpaired) electrons. The van der Waals surface area contributed by atoms with Crippen molar-refractivity contribution in [3.63, 3.8) is 0 Å². The van der Waals surface area contributed by atoms with Gasteiger partial charge in [-0.2, -0.15) is 5.26 Å². The zero-order valence-corrected chi connectivity index (χ0v) is 9.29. The van der Waals surface area contributed by atoms with E-state index in [1.807, 2.05) is 6.92 Å². The van der Waals surface area contributed by atoms with Crippen LogP contribution in [0.3, 0.4) is 0 Å². The van der Waals surface area contributed by atoms with E-state index >= 15 is 0 Å². The van der Waals surface area contributed by atoms with E-state index in [1.165, 1.54) is 12.8 Å². The van der Waals surface area contributed by atoms with Crippen molar-refractivity contribution in [1.29, 1.82) is 5.26 Å². The molecular formula is C11H21N3. The van der Waals surface area contributed by atoms with Crippen LogP contribution < -0.4 is 5.32 Å². The average molecular weight is 195 g/mol. The highest BCUT2D eigenvalue weighted by atomic mass is 15.1. The van der Waals surface area contributed by atoms with Crippen LogP contribution in [0.1, 0.15) is 26.7 Å². The second kappa shape index (κ2) is 6.00. The summed E-state index contributed by atoms with van der Waals surface area (Å²) in [5.41, 5.74) is 0. The Labute approximate surface area is 87.1 Å². The summed E-state index contributed by atoms with van der Waals surface area (Å²) in [6.45, 7) is 8.37. The zero-order valence-electron chi connectivity index (χ0n) is 9.29. The van der Waals surface area contributed by atoms with Crippen molar-refractivity contribution in [2.75, 3.05) is 26.2 Å². The minimum absolute atomic E-state index is 0.149. The van der Waals surface area contributed by atoms with Gasteiger partial charge in [0, 0.05) is 19.1 Å². The molecule has 1 fully saturated rings. The highest BCUT2D eigenvalue weighted by Crippen LogP contribution is 2.08. The Hall–Kier alpha value is -0.590. The van der Waals surface area contributed by atoms with Crippen LogP contribution in [-0.4, -0.2) is 37.1 Å². The number of nitrogens with one attached hydrogen (secondary N) is 1. The van der Waals surface area contributed by atoms with E-state index in [0.717, 1.165) is 26.2 Å². The molecule has 1 aliphatic rings. The fraction of sp³-hybridized carbons (Fsp3) is 0.909. The minimum Gasteiger partial charge on any atom is -0.313 e. The molecule has 0 bridgehead atoms. The third-order valence-electron chi connectivity index (χ3n) is 2.84.